The molecule has 1 fully saturated rings. The monoisotopic (exact) mass is 284 g/mol. The first-order valence-corrected chi connectivity index (χ1v) is 7.91. The number of hydrogen-bond acceptors (Lipinski definition) is 4. The molecule has 0 bridgehead atoms. The molecular formula is C16H32N2O2. The number of likely N-dealkylation sites (tertiary alicyclic amines) is 1. The summed E-state index contributed by atoms with van der Waals surface area (Å²) in [6, 6.07) is 0.382. The third-order valence-electron chi connectivity index (χ3n) is 4.90. The second kappa shape index (κ2) is 7.41. The molecule has 4 heteroatoms. The van der Waals surface area contributed by atoms with Gasteiger partial charge in [-0.25, -0.2) is 0 Å². The van der Waals surface area contributed by atoms with E-state index in [-0.39, 0.29) is 5.97 Å². The van der Waals surface area contributed by atoms with E-state index >= 15 is 0 Å². The molecule has 0 aromatic rings. The van der Waals surface area contributed by atoms with Gasteiger partial charge in [0.2, 0.25) is 0 Å². The Hall–Kier alpha value is -0.610. The highest BCUT2D eigenvalue weighted by molar-refractivity contribution is 5.80. The third kappa shape index (κ3) is 4.19. The molecule has 4 nitrogen and oxygen atoms in total. The second-order valence-electron chi connectivity index (χ2n) is 6.65. The number of carbonyl (C=O) groups is 1. The number of likely N-dealkylation sites (N-methyl/N-ethyl adjacent to an activating group) is 1. The summed E-state index contributed by atoms with van der Waals surface area (Å²) < 4.78 is 4.97. The highest BCUT2D eigenvalue weighted by atomic mass is 16.5. The molecule has 4 atom stereocenters. The lowest BCUT2D eigenvalue weighted by molar-refractivity contribution is -0.148. The maximum absolute atomic E-state index is 12.1. The minimum Gasteiger partial charge on any atom is -0.468 e. The van der Waals surface area contributed by atoms with E-state index in [9.17, 15) is 4.79 Å². The van der Waals surface area contributed by atoms with E-state index in [1.54, 1.807) is 0 Å². The van der Waals surface area contributed by atoms with Crippen molar-refractivity contribution in [2.75, 3.05) is 26.7 Å². The molecule has 4 unspecified atom stereocenters. The summed E-state index contributed by atoms with van der Waals surface area (Å²) in [4.78, 5) is 14.6. The Labute approximate surface area is 124 Å². The van der Waals surface area contributed by atoms with Crippen molar-refractivity contribution in [1.29, 1.82) is 0 Å². The number of ether oxygens (including phenoxy) is 1. The summed E-state index contributed by atoms with van der Waals surface area (Å²) in [5.74, 6) is 1.37. The van der Waals surface area contributed by atoms with E-state index < -0.39 is 5.54 Å². The van der Waals surface area contributed by atoms with E-state index in [0.29, 0.717) is 6.04 Å². The largest absolute Gasteiger partial charge is 0.468 e. The fourth-order valence-corrected chi connectivity index (χ4v) is 3.26. The summed E-state index contributed by atoms with van der Waals surface area (Å²) in [5.41, 5.74) is -0.588. The van der Waals surface area contributed by atoms with Crippen molar-refractivity contribution in [3.05, 3.63) is 0 Å². The zero-order valence-corrected chi connectivity index (χ0v) is 14.0. The van der Waals surface area contributed by atoms with Gasteiger partial charge in [0.1, 0.15) is 5.54 Å². The molecule has 0 radical (unpaired) electrons. The molecule has 118 valence electrons. The van der Waals surface area contributed by atoms with Crippen LogP contribution in [0.2, 0.25) is 0 Å². The first-order chi connectivity index (χ1) is 9.34. The zero-order chi connectivity index (χ0) is 15.3. The van der Waals surface area contributed by atoms with Crippen molar-refractivity contribution in [2.45, 2.75) is 59.0 Å². The predicted molar refractivity (Wildman–Crippen MR) is 82.7 cm³/mol. The summed E-state index contributed by atoms with van der Waals surface area (Å²) in [7, 11) is 1.47. The Bertz CT molecular complexity index is 322. The Morgan fingerprint density at radius 2 is 2.10 bits per heavy atom. The second-order valence-corrected chi connectivity index (χ2v) is 6.65. The average molecular weight is 284 g/mol. The molecule has 1 aliphatic heterocycles. The van der Waals surface area contributed by atoms with E-state index in [1.165, 1.54) is 13.5 Å². The van der Waals surface area contributed by atoms with Crippen molar-refractivity contribution in [1.82, 2.24) is 10.2 Å². The Kier molecular flexibility index (Phi) is 6.46. The average Bonchev–Trinajstić information content (AvgIpc) is 2.40. The van der Waals surface area contributed by atoms with Gasteiger partial charge in [-0.2, -0.15) is 0 Å². The summed E-state index contributed by atoms with van der Waals surface area (Å²) in [5, 5.41) is 3.30. The number of piperidine rings is 1. The van der Waals surface area contributed by atoms with E-state index in [1.807, 2.05) is 13.8 Å². The zero-order valence-electron chi connectivity index (χ0n) is 14.0. The molecule has 0 aromatic heterocycles. The first kappa shape index (κ1) is 17.4. The van der Waals surface area contributed by atoms with Gasteiger partial charge < -0.3 is 15.0 Å². The molecule has 1 N–H and O–H groups in total. The van der Waals surface area contributed by atoms with E-state index in [4.69, 9.17) is 4.74 Å². The number of nitrogens with one attached hydrogen (secondary N) is 1. The van der Waals surface area contributed by atoms with Crippen LogP contribution in [0, 0.1) is 11.8 Å². The van der Waals surface area contributed by atoms with Crippen molar-refractivity contribution in [2.24, 2.45) is 11.8 Å². The van der Waals surface area contributed by atoms with Gasteiger partial charge in [-0.1, -0.05) is 20.8 Å². The number of hydrogen-bond donors (Lipinski definition) is 1. The van der Waals surface area contributed by atoms with Crippen molar-refractivity contribution in [3.8, 4) is 0 Å². The van der Waals surface area contributed by atoms with Crippen molar-refractivity contribution >= 4 is 5.97 Å². The summed E-state index contributed by atoms with van der Waals surface area (Å²) >= 11 is 0. The quantitative estimate of drug-likeness (QED) is 0.760. The topological polar surface area (TPSA) is 41.6 Å². The van der Waals surface area contributed by atoms with Crippen LogP contribution in [0.25, 0.3) is 0 Å². The molecule has 1 saturated heterocycles. The van der Waals surface area contributed by atoms with Crippen LogP contribution in [-0.2, 0) is 9.53 Å². The highest BCUT2D eigenvalue weighted by Crippen LogP contribution is 2.26. The highest BCUT2D eigenvalue weighted by Gasteiger charge is 2.37. The summed E-state index contributed by atoms with van der Waals surface area (Å²) in [6.07, 6.45) is 2.04. The van der Waals surface area contributed by atoms with Crippen LogP contribution in [0.1, 0.15) is 47.5 Å². The van der Waals surface area contributed by atoms with Crippen LogP contribution in [0.3, 0.4) is 0 Å². The Morgan fingerprint density at radius 3 is 2.60 bits per heavy atom. The van der Waals surface area contributed by atoms with Gasteiger partial charge in [-0.05, 0) is 51.6 Å². The van der Waals surface area contributed by atoms with Crippen LogP contribution in [0.5, 0.6) is 0 Å². The molecule has 0 aromatic carbocycles. The van der Waals surface area contributed by atoms with Crippen molar-refractivity contribution < 1.29 is 9.53 Å². The smallest absolute Gasteiger partial charge is 0.325 e. The van der Waals surface area contributed by atoms with Gasteiger partial charge in [0.05, 0.1) is 7.11 Å². The van der Waals surface area contributed by atoms with E-state index in [0.717, 1.165) is 37.9 Å². The maximum atomic E-state index is 12.1. The molecule has 0 spiro atoms. The molecular weight excluding hydrogens is 252 g/mol. The van der Waals surface area contributed by atoms with Crippen LogP contribution in [0.15, 0.2) is 0 Å². The molecule has 1 rings (SSSR count). The standard InChI is InChI=1S/C16H32N2O2/c1-7-17-16(5,15(19)20-6)10-14(4)18-9-8-12(2)13(3)11-18/h12-14,17H,7-11H2,1-6H3. The van der Waals surface area contributed by atoms with Crippen LogP contribution < -0.4 is 5.32 Å². The molecule has 1 heterocycles. The minimum absolute atomic E-state index is 0.162. The number of rotatable bonds is 6. The van der Waals surface area contributed by atoms with Crippen LogP contribution in [0.4, 0.5) is 0 Å². The predicted octanol–water partition coefficient (Wildman–Crippen LogP) is 2.28. The lowest BCUT2D eigenvalue weighted by Crippen LogP contribution is -2.55. The fraction of sp³-hybridized carbons (Fsp3) is 0.938. The van der Waals surface area contributed by atoms with Crippen molar-refractivity contribution in [3.63, 3.8) is 0 Å². The van der Waals surface area contributed by atoms with Crippen LogP contribution >= 0.6 is 0 Å². The number of nitrogens with zero attached hydrogens (tertiary/aromatic N) is 1. The minimum atomic E-state index is -0.588. The van der Waals surface area contributed by atoms with Gasteiger partial charge in [-0.15, -0.1) is 0 Å². The third-order valence-corrected chi connectivity index (χ3v) is 4.90. The molecule has 0 aliphatic carbocycles. The van der Waals surface area contributed by atoms with Gasteiger partial charge >= 0.3 is 5.97 Å². The molecule has 1 aliphatic rings. The van der Waals surface area contributed by atoms with Gasteiger partial charge in [0.25, 0.3) is 0 Å². The lowest BCUT2D eigenvalue weighted by Gasteiger charge is -2.41. The van der Waals surface area contributed by atoms with Gasteiger partial charge in [0, 0.05) is 12.6 Å². The van der Waals surface area contributed by atoms with E-state index in [2.05, 4.69) is 31.0 Å². The summed E-state index contributed by atoms with van der Waals surface area (Å²) in [6.45, 7) is 13.9. The number of carbonyl (C=O) groups excluding carboxylic acids is 1. The lowest BCUT2D eigenvalue weighted by atomic mass is 9.86. The number of esters is 1. The Balaban J connectivity index is 2.66. The maximum Gasteiger partial charge on any atom is 0.325 e. The molecule has 0 amide bonds. The Morgan fingerprint density at radius 1 is 1.45 bits per heavy atom. The van der Waals surface area contributed by atoms with Crippen LogP contribution in [-0.4, -0.2) is 49.2 Å². The van der Waals surface area contributed by atoms with Gasteiger partial charge in [0.15, 0.2) is 0 Å². The number of methoxy groups -OCH3 is 1. The molecule has 20 heavy (non-hydrogen) atoms. The molecule has 0 saturated carbocycles. The SMILES string of the molecule is CCNC(C)(CC(C)N1CCC(C)C(C)C1)C(=O)OC. The fourth-order valence-electron chi connectivity index (χ4n) is 3.26. The normalized spacial score (nSPS) is 28.7. The van der Waals surface area contributed by atoms with Gasteiger partial charge in [-0.3, -0.25) is 4.79 Å². The first-order valence-electron chi connectivity index (χ1n) is 7.91.